The first-order valence-corrected chi connectivity index (χ1v) is 6.47. The van der Waals surface area contributed by atoms with E-state index in [4.69, 9.17) is 4.74 Å². The molecule has 0 atom stereocenters. The molecule has 16 heavy (non-hydrogen) atoms. The van der Waals surface area contributed by atoms with Gasteiger partial charge in [0.15, 0.2) is 4.93 Å². The van der Waals surface area contributed by atoms with Crippen LogP contribution in [0.3, 0.4) is 0 Å². The Morgan fingerprint density at radius 2 is 1.75 bits per heavy atom. The summed E-state index contributed by atoms with van der Waals surface area (Å²) in [5, 5.41) is 9.55. The highest BCUT2D eigenvalue weighted by Gasteiger charge is 2.32. The second-order valence-electron chi connectivity index (χ2n) is 3.85. The maximum absolute atomic E-state index is 11.8. The smallest absolute Gasteiger partial charge is 0.207 e. The van der Waals surface area contributed by atoms with E-state index in [1.54, 1.807) is 12.1 Å². The SMILES string of the molecule is CCOc1ccc(S(=O)(=O)C(C)(C)O)cc1. The van der Waals surface area contributed by atoms with Crippen LogP contribution in [0.25, 0.3) is 0 Å². The Bertz CT molecular complexity index is 440. The topological polar surface area (TPSA) is 63.6 Å². The monoisotopic (exact) mass is 244 g/mol. The molecule has 0 amide bonds. The van der Waals surface area contributed by atoms with Gasteiger partial charge in [-0.15, -0.1) is 0 Å². The van der Waals surface area contributed by atoms with Crippen LogP contribution in [0.4, 0.5) is 0 Å². The lowest BCUT2D eigenvalue weighted by Gasteiger charge is -2.18. The number of aliphatic hydroxyl groups is 1. The lowest BCUT2D eigenvalue weighted by atomic mass is 10.3. The van der Waals surface area contributed by atoms with Gasteiger partial charge in [-0.25, -0.2) is 8.42 Å². The van der Waals surface area contributed by atoms with Gasteiger partial charge >= 0.3 is 0 Å². The third-order valence-corrected chi connectivity index (χ3v) is 4.31. The van der Waals surface area contributed by atoms with E-state index in [9.17, 15) is 13.5 Å². The molecule has 0 unspecified atom stereocenters. The highest BCUT2D eigenvalue weighted by Crippen LogP contribution is 2.24. The molecule has 0 radical (unpaired) electrons. The number of benzene rings is 1. The highest BCUT2D eigenvalue weighted by atomic mass is 32.2. The molecule has 5 heteroatoms. The maximum Gasteiger partial charge on any atom is 0.207 e. The Kier molecular flexibility index (Phi) is 3.60. The largest absolute Gasteiger partial charge is 0.494 e. The molecule has 90 valence electrons. The van der Waals surface area contributed by atoms with Gasteiger partial charge in [0.2, 0.25) is 9.84 Å². The zero-order chi connectivity index (χ0) is 12.4. The van der Waals surface area contributed by atoms with E-state index in [1.165, 1.54) is 26.0 Å². The minimum atomic E-state index is -3.71. The van der Waals surface area contributed by atoms with Crippen molar-refractivity contribution >= 4 is 9.84 Å². The molecule has 0 saturated heterocycles. The number of rotatable bonds is 4. The molecular weight excluding hydrogens is 228 g/mol. The molecule has 0 heterocycles. The molecule has 0 saturated carbocycles. The summed E-state index contributed by atoms with van der Waals surface area (Å²) in [7, 11) is -3.71. The fraction of sp³-hybridized carbons (Fsp3) is 0.455. The van der Waals surface area contributed by atoms with Crippen molar-refractivity contribution in [2.75, 3.05) is 6.61 Å². The molecule has 1 aromatic carbocycles. The summed E-state index contributed by atoms with van der Waals surface area (Å²) in [4.78, 5) is -1.69. The molecular formula is C11H16O4S. The molecule has 0 aliphatic heterocycles. The van der Waals surface area contributed by atoms with Crippen LogP contribution in [-0.4, -0.2) is 25.1 Å². The summed E-state index contributed by atoms with van der Waals surface area (Å²) >= 11 is 0. The van der Waals surface area contributed by atoms with Crippen LogP contribution >= 0.6 is 0 Å². The van der Waals surface area contributed by atoms with E-state index in [-0.39, 0.29) is 4.90 Å². The summed E-state index contributed by atoms with van der Waals surface area (Å²) in [6.07, 6.45) is 0. The molecule has 0 aromatic heterocycles. The predicted octanol–water partition coefficient (Wildman–Crippen LogP) is 1.59. The summed E-state index contributed by atoms with van der Waals surface area (Å²) in [6.45, 7) is 4.87. The molecule has 0 spiro atoms. The van der Waals surface area contributed by atoms with Crippen molar-refractivity contribution in [3.8, 4) is 5.75 Å². The van der Waals surface area contributed by atoms with Crippen LogP contribution in [-0.2, 0) is 9.84 Å². The van der Waals surface area contributed by atoms with Crippen LogP contribution in [0.1, 0.15) is 20.8 Å². The van der Waals surface area contributed by atoms with Gasteiger partial charge in [-0.3, -0.25) is 0 Å². The van der Waals surface area contributed by atoms with Gasteiger partial charge in [-0.1, -0.05) is 0 Å². The standard InChI is InChI=1S/C11H16O4S/c1-4-15-9-5-7-10(8-6-9)16(13,14)11(2,3)12/h5-8,12H,4H2,1-3H3. The minimum absolute atomic E-state index is 0.0865. The van der Waals surface area contributed by atoms with Crippen LogP contribution in [0.5, 0.6) is 5.75 Å². The molecule has 0 aliphatic rings. The predicted molar refractivity (Wildman–Crippen MR) is 61.1 cm³/mol. The van der Waals surface area contributed by atoms with Gasteiger partial charge in [0, 0.05) is 0 Å². The Morgan fingerprint density at radius 1 is 1.25 bits per heavy atom. The molecule has 0 aliphatic carbocycles. The van der Waals surface area contributed by atoms with Crippen LogP contribution < -0.4 is 4.74 Å². The second-order valence-corrected chi connectivity index (χ2v) is 6.33. The van der Waals surface area contributed by atoms with Crippen molar-refractivity contribution in [1.29, 1.82) is 0 Å². The molecule has 4 nitrogen and oxygen atoms in total. The number of sulfone groups is 1. The van der Waals surface area contributed by atoms with E-state index in [0.29, 0.717) is 12.4 Å². The third kappa shape index (κ3) is 2.54. The van der Waals surface area contributed by atoms with Gasteiger partial charge in [0.25, 0.3) is 0 Å². The Hall–Kier alpha value is -1.07. The van der Waals surface area contributed by atoms with Crippen molar-refractivity contribution in [1.82, 2.24) is 0 Å². The Morgan fingerprint density at radius 3 is 2.12 bits per heavy atom. The zero-order valence-electron chi connectivity index (χ0n) is 9.60. The maximum atomic E-state index is 11.8. The number of hydrogen-bond donors (Lipinski definition) is 1. The van der Waals surface area contributed by atoms with E-state index >= 15 is 0 Å². The summed E-state index contributed by atoms with van der Waals surface area (Å²) in [5.41, 5.74) is 0. The summed E-state index contributed by atoms with van der Waals surface area (Å²) in [6, 6.07) is 6.00. The number of ether oxygens (including phenoxy) is 1. The number of hydrogen-bond acceptors (Lipinski definition) is 4. The second kappa shape index (κ2) is 4.43. The molecule has 0 bridgehead atoms. The quantitative estimate of drug-likeness (QED) is 0.873. The Labute approximate surface area is 95.8 Å². The first-order valence-electron chi connectivity index (χ1n) is 4.99. The van der Waals surface area contributed by atoms with Gasteiger partial charge in [-0.05, 0) is 45.0 Å². The van der Waals surface area contributed by atoms with Gasteiger partial charge < -0.3 is 9.84 Å². The zero-order valence-corrected chi connectivity index (χ0v) is 10.4. The summed E-state index contributed by atoms with van der Waals surface area (Å²) < 4.78 is 28.9. The fourth-order valence-electron chi connectivity index (χ4n) is 1.17. The van der Waals surface area contributed by atoms with Gasteiger partial charge in [0.05, 0.1) is 11.5 Å². The summed E-state index contributed by atoms with van der Waals surface area (Å²) in [5.74, 6) is 0.609. The van der Waals surface area contributed by atoms with E-state index in [2.05, 4.69) is 0 Å². The lowest BCUT2D eigenvalue weighted by Crippen LogP contribution is -2.31. The van der Waals surface area contributed by atoms with Crippen molar-refractivity contribution in [2.45, 2.75) is 30.6 Å². The lowest BCUT2D eigenvalue weighted by molar-refractivity contribution is 0.165. The fourth-order valence-corrected chi connectivity index (χ4v) is 2.24. The normalized spacial score (nSPS) is 12.5. The van der Waals surface area contributed by atoms with Crippen LogP contribution in [0.15, 0.2) is 29.2 Å². The molecule has 1 aromatic rings. The van der Waals surface area contributed by atoms with E-state index < -0.39 is 14.8 Å². The van der Waals surface area contributed by atoms with E-state index in [1.807, 2.05) is 6.92 Å². The van der Waals surface area contributed by atoms with Crippen molar-refractivity contribution in [2.24, 2.45) is 0 Å². The highest BCUT2D eigenvalue weighted by molar-refractivity contribution is 7.92. The van der Waals surface area contributed by atoms with Gasteiger partial charge in [-0.2, -0.15) is 0 Å². The minimum Gasteiger partial charge on any atom is -0.494 e. The van der Waals surface area contributed by atoms with Crippen molar-refractivity contribution in [3.63, 3.8) is 0 Å². The first kappa shape index (κ1) is 13.0. The van der Waals surface area contributed by atoms with E-state index in [0.717, 1.165) is 0 Å². The molecule has 0 fully saturated rings. The van der Waals surface area contributed by atoms with Gasteiger partial charge in [0.1, 0.15) is 5.75 Å². The van der Waals surface area contributed by atoms with Crippen LogP contribution in [0.2, 0.25) is 0 Å². The third-order valence-electron chi connectivity index (χ3n) is 2.10. The molecule has 1 N–H and O–H groups in total. The average molecular weight is 244 g/mol. The van der Waals surface area contributed by atoms with Crippen molar-refractivity contribution in [3.05, 3.63) is 24.3 Å². The Balaban J connectivity index is 3.08. The van der Waals surface area contributed by atoms with Crippen LogP contribution in [0, 0.1) is 0 Å². The average Bonchev–Trinajstić information content (AvgIpc) is 2.17. The molecule has 1 rings (SSSR count). The first-order chi connectivity index (χ1) is 7.29. The van der Waals surface area contributed by atoms with Crippen molar-refractivity contribution < 1.29 is 18.3 Å².